The Morgan fingerprint density at radius 1 is 1.24 bits per heavy atom. The van der Waals surface area contributed by atoms with Gasteiger partial charge < -0.3 is 5.32 Å². The van der Waals surface area contributed by atoms with Crippen LogP contribution in [0.2, 0.25) is 0 Å². The molecule has 1 aromatic rings. The summed E-state index contributed by atoms with van der Waals surface area (Å²) in [6.45, 7) is 3.39. The zero-order valence-electron chi connectivity index (χ0n) is 13.1. The molecule has 1 aliphatic heterocycles. The van der Waals surface area contributed by atoms with Crippen molar-refractivity contribution in [2.75, 3.05) is 12.3 Å². The lowest BCUT2D eigenvalue weighted by atomic mass is 10.00. The highest BCUT2D eigenvalue weighted by Gasteiger charge is 2.22. The standard InChI is InChI=1S/C18H27NS2/c1-2-10-19-18(14-7-5-3-4-6-8-14)17-12-15-13-20-11-9-16(15)21-17/h7,12,18-19H,2-6,8-11,13H2,1H3. The third kappa shape index (κ3) is 3.94. The lowest BCUT2D eigenvalue weighted by molar-refractivity contribution is 0.573. The first-order valence-corrected chi connectivity index (χ1v) is 10.5. The highest BCUT2D eigenvalue weighted by atomic mass is 32.2. The molecule has 0 bridgehead atoms. The predicted molar refractivity (Wildman–Crippen MR) is 96.4 cm³/mol. The van der Waals surface area contributed by atoms with Crippen molar-refractivity contribution in [2.45, 2.75) is 63.7 Å². The molecule has 0 fully saturated rings. The molecule has 1 aliphatic carbocycles. The summed E-state index contributed by atoms with van der Waals surface area (Å²) in [5, 5.41) is 3.83. The quantitative estimate of drug-likeness (QED) is 0.722. The molecule has 1 unspecified atom stereocenters. The number of rotatable bonds is 5. The molecule has 21 heavy (non-hydrogen) atoms. The third-order valence-corrected chi connectivity index (χ3v) is 6.79. The zero-order chi connectivity index (χ0) is 14.5. The number of fused-ring (bicyclic) bond motifs is 1. The second-order valence-electron chi connectivity index (χ2n) is 6.17. The summed E-state index contributed by atoms with van der Waals surface area (Å²) in [6, 6.07) is 2.99. The molecule has 0 radical (unpaired) electrons. The van der Waals surface area contributed by atoms with E-state index in [0.717, 1.165) is 6.54 Å². The largest absolute Gasteiger partial charge is 0.306 e. The minimum atomic E-state index is 0.489. The molecule has 2 heterocycles. The Morgan fingerprint density at radius 2 is 2.19 bits per heavy atom. The molecule has 0 saturated heterocycles. The topological polar surface area (TPSA) is 12.0 Å². The van der Waals surface area contributed by atoms with Crippen LogP contribution in [0.25, 0.3) is 0 Å². The molecule has 0 saturated carbocycles. The molecule has 0 amide bonds. The molecule has 1 aromatic heterocycles. The highest BCUT2D eigenvalue weighted by Crippen LogP contribution is 2.38. The first-order chi connectivity index (χ1) is 10.4. The first-order valence-electron chi connectivity index (χ1n) is 8.50. The minimum absolute atomic E-state index is 0.489. The van der Waals surface area contributed by atoms with Gasteiger partial charge in [0.05, 0.1) is 6.04 Å². The summed E-state index contributed by atoms with van der Waals surface area (Å²) in [7, 11) is 0. The van der Waals surface area contributed by atoms with Crippen molar-refractivity contribution in [2.24, 2.45) is 0 Å². The average molecular weight is 322 g/mol. The van der Waals surface area contributed by atoms with Crippen LogP contribution in [0.15, 0.2) is 17.7 Å². The maximum Gasteiger partial charge on any atom is 0.0630 e. The van der Waals surface area contributed by atoms with E-state index in [-0.39, 0.29) is 0 Å². The van der Waals surface area contributed by atoms with Gasteiger partial charge in [-0.1, -0.05) is 25.0 Å². The van der Waals surface area contributed by atoms with Crippen LogP contribution in [0.4, 0.5) is 0 Å². The fourth-order valence-electron chi connectivity index (χ4n) is 3.32. The van der Waals surface area contributed by atoms with E-state index in [9.17, 15) is 0 Å². The van der Waals surface area contributed by atoms with Crippen molar-refractivity contribution < 1.29 is 0 Å². The molecule has 116 valence electrons. The van der Waals surface area contributed by atoms with Gasteiger partial charge in [0.25, 0.3) is 0 Å². The number of hydrogen-bond acceptors (Lipinski definition) is 3. The predicted octanol–water partition coefficient (Wildman–Crippen LogP) is 5.47. The van der Waals surface area contributed by atoms with Gasteiger partial charge in [-0.3, -0.25) is 0 Å². The monoisotopic (exact) mass is 321 g/mol. The van der Waals surface area contributed by atoms with Crippen molar-refractivity contribution >= 4 is 23.1 Å². The number of thioether (sulfide) groups is 1. The summed E-state index contributed by atoms with van der Waals surface area (Å²) in [5.41, 5.74) is 3.27. The Hall–Kier alpha value is -0.250. The van der Waals surface area contributed by atoms with Gasteiger partial charge in [-0.15, -0.1) is 11.3 Å². The van der Waals surface area contributed by atoms with Crippen molar-refractivity contribution in [1.29, 1.82) is 0 Å². The number of allylic oxidation sites excluding steroid dienone is 1. The Bertz CT molecular complexity index is 466. The molecule has 3 heteroatoms. The van der Waals surface area contributed by atoms with Crippen molar-refractivity contribution in [3.63, 3.8) is 0 Å². The van der Waals surface area contributed by atoms with Gasteiger partial charge in [0, 0.05) is 15.5 Å². The smallest absolute Gasteiger partial charge is 0.0630 e. The van der Waals surface area contributed by atoms with Gasteiger partial charge in [0.2, 0.25) is 0 Å². The zero-order valence-corrected chi connectivity index (χ0v) is 14.8. The van der Waals surface area contributed by atoms with Crippen LogP contribution in [0.1, 0.15) is 66.8 Å². The number of thiophene rings is 1. The second kappa shape index (κ2) is 7.85. The molecule has 2 aliphatic rings. The summed E-state index contributed by atoms with van der Waals surface area (Å²) in [4.78, 5) is 3.23. The third-order valence-electron chi connectivity index (χ3n) is 4.48. The molecule has 3 rings (SSSR count). The number of nitrogens with one attached hydrogen (secondary N) is 1. The van der Waals surface area contributed by atoms with E-state index in [0.29, 0.717) is 6.04 Å². The van der Waals surface area contributed by atoms with Crippen LogP contribution in [0.5, 0.6) is 0 Å². The molecule has 0 spiro atoms. The summed E-state index contributed by atoms with van der Waals surface area (Å²) >= 11 is 4.17. The van der Waals surface area contributed by atoms with E-state index in [1.807, 2.05) is 0 Å². The van der Waals surface area contributed by atoms with Crippen LogP contribution >= 0.6 is 23.1 Å². The van der Waals surface area contributed by atoms with E-state index in [1.54, 1.807) is 20.9 Å². The fourth-order valence-corrected chi connectivity index (χ4v) is 5.81. The van der Waals surface area contributed by atoms with Gasteiger partial charge in [-0.05, 0) is 62.5 Å². The SMILES string of the molecule is CCCNC(C1=CCCCCC1)c1cc2c(s1)CCSC2. The Balaban J connectivity index is 1.83. The second-order valence-corrected chi connectivity index (χ2v) is 8.44. The molecule has 1 N–H and O–H groups in total. The van der Waals surface area contributed by atoms with E-state index < -0.39 is 0 Å². The molecule has 1 nitrogen and oxygen atoms in total. The summed E-state index contributed by atoms with van der Waals surface area (Å²) < 4.78 is 0. The number of aryl methyl sites for hydroxylation is 1. The van der Waals surface area contributed by atoms with Gasteiger partial charge in [0.15, 0.2) is 0 Å². The van der Waals surface area contributed by atoms with Gasteiger partial charge >= 0.3 is 0 Å². The average Bonchev–Trinajstić information content (AvgIpc) is 2.75. The van der Waals surface area contributed by atoms with E-state index in [1.165, 1.54) is 56.5 Å². The van der Waals surface area contributed by atoms with E-state index in [2.05, 4.69) is 47.5 Å². The van der Waals surface area contributed by atoms with Crippen LogP contribution in [0.3, 0.4) is 0 Å². The lowest BCUT2D eigenvalue weighted by Gasteiger charge is -2.20. The molecule has 0 aromatic carbocycles. The van der Waals surface area contributed by atoms with Gasteiger partial charge in [-0.2, -0.15) is 11.8 Å². The van der Waals surface area contributed by atoms with Crippen molar-refractivity contribution in [3.8, 4) is 0 Å². The number of hydrogen-bond donors (Lipinski definition) is 1. The van der Waals surface area contributed by atoms with Gasteiger partial charge in [0.1, 0.15) is 0 Å². The molecular formula is C18H27NS2. The maximum atomic E-state index is 3.83. The van der Waals surface area contributed by atoms with E-state index in [4.69, 9.17) is 0 Å². The Labute approximate surface area is 137 Å². The maximum absolute atomic E-state index is 3.83. The van der Waals surface area contributed by atoms with Crippen LogP contribution in [0, 0.1) is 0 Å². The Morgan fingerprint density at radius 3 is 3.05 bits per heavy atom. The van der Waals surface area contributed by atoms with E-state index >= 15 is 0 Å². The normalized spacial score (nSPS) is 20.5. The van der Waals surface area contributed by atoms with Gasteiger partial charge in [-0.25, -0.2) is 0 Å². The highest BCUT2D eigenvalue weighted by molar-refractivity contribution is 7.98. The fraction of sp³-hybridized carbons (Fsp3) is 0.667. The van der Waals surface area contributed by atoms with Crippen LogP contribution in [-0.4, -0.2) is 12.3 Å². The summed E-state index contributed by atoms with van der Waals surface area (Å²) in [6.07, 6.45) is 11.7. The van der Waals surface area contributed by atoms with Crippen LogP contribution < -0.4 is 5.32 Å². The minimum Gasteiger partial charge on any atom is -0.306 e. The summed E-state index contributed by atoms with van der Waals surface area (Å²) in [5.74, 6) is 2.54. The molecule has 1 atom stereocenters. The van der Waals surface area contributed by atoms with Crippen molar-refractivity contribution in [3.05, 3.63) is 33.0 Å². The molecular weight excluding hydrogens is 294 g/mol. The Kier molecular flexibility index (Phi) is 5.84. The van der Waals surface area contributed by atoms with Crippen LogP contribution in [-0.2, 0) is 12.2 Å². The first kappa shape index (κ1) is 15.6. The lowest BCUT2D eigenvalue weighted by Crippen LogP contribution is -2.23. The van der Waals surface area contributed by atoms with Crippen molar-refractivity contribution in [1.82, 2.24) is 5.32 Å².